The second kappa shape index (κ2) is 32.0. The second-order valence-corrected chi connectivity index (χ2v) is 7.48. The van der Waals surface area contributed by atoms with Crippen LogP contribution < -0.4 is 51.4 Å². The van der Waals surface area contributed by atoms with Crippen LogP contribution in [0.4, 0.5) is 0 Å². The van der Waals surface area contributed by atoms with Crippen LogP contribution in [0.25, 0.3) is 0 Å². The maximum absolute atomic E-state index is 8.74. The van der Waals surface area contributed by atoms with E-state index in [9.17, 15) is 0 Å². The van der Waals surface area contributed by atoms with Crippen LogP contribution in [0, 0.1) is 6.92 Å². The number of ether oxygens (including phenoxy) is 1. The molecule has 178 valence electrons. The van der Waals surface area contributed by atoms with Crippen LogP contribution in [-0.4, -0.2) is 48.3 Å². The molecule has 9 nitrogen and oxygen atoms in total. The normalized spacial score (nSPS) is 9.93. The van der Waals surface area contributed by atoms with Crippen molar-refractivity contribution >= 4 is 20.8 Å². The first-order valence-electron chi connectivity index (χ1n) is 9.31. The predicted octanol–water partition coefficient (Wildman–Crippen LogP) is 1.81. The first kappa shape index (κ1) is 41.1. The van der Waals surface area contributed by atoms with Gasteiger partial charge in [-0.15, -0.1) is 13.2 Å². The molecule has 4 N–H and O–H groups in total. The predicted molar refractivity (Wildman–Crippen MR) is 117 cm³/mol. The average Bonchev–Trinajstić information content (AvgIpc) is 2.55. The summed E-state index contributed by atoms with van der Waals surface area (Å²) in [5.41, 5.74) is 0. The van der Waals surface area contributed by atoms with E-state index in [1.165, 1.54) is 57.8 Å². The van der Waals surface area contributed by atoms with Gasteiger partial charge in [-0.25, -0.2) is 0 Å². The molecular formula is C18H39KO9S2. The summed E-state index contributed by atoms with van der Waals surface area (Å²) < 4.78 is 68.1. The molecule has 0 aromatic carbocycles. The smallest absolute Gasteiger partial charge is 0.373 e. The van der Waals surface area contributed by atoms with Crippen molar-refractivity contribution in [2.45, 2.75) is 71.1 Å². The molecule has 0 aliphatic rings. The molecule has 30 heavy (non-hydrogen) atoms. The number of hydrogen-bond donors (Lipinski definition) is 4. The Labute approximate surface area is 226 Å². The van der Waals surface area contributed by atoms with Gasteiger partial charge in [-0.2, -0.15) is 23.3 Å². The van der Waals surface area contributed by atoms with E-state index in [-0.39, 0.29) is 51.4 Å². The zero-order valence-corrected chi connectivity index (χ0v) is 23.2. The van der Waals surface area contributed by atoms with Gasteiger partial charge in [0.2, 0.25) is 0 Å². The van der Waals surface area contributed by atoms with Gasteiger partial charge >= 0.3 is 72.2 Å². The SMILES string of the molecule is C=CCOCC=C.O=S(=O)(O)O.O=S(=O)(O)O.[CH2-]CCCCCCCCCCC.[K+]. The van der Waals surface area contributed by atoms with E-state index in [1.54, 1.807) is 12.2 Å². The Hall–Kier alpha value is 0.816. The quantitative estimate of drug-likeness (QED) is 0.0968. The van der Waals surface area contributed by atoms with Crippen LogP contribution in [0.3, 0.4) is 0 Å². The van der Waals surface area contributed by atoms with Gasteiger partial charge in [0, 0.05) is 0 Å². The van der Waals surface area contributed by atoms with Gasteiger partial charge in [0.1, 0.15) is 0 Å². The summed E-state index contributed by atoms with van der Waals surface area (Å²) in [4.78, 5) is 0. The van der Waals surface area contributed by atoms with Gasteiger partial charge < -0.3 is 11.7 Å². The maximum atomic E-state index is 8.74. The van der Waals surface area contributed by atoms with Crippen molar-refractivity contribution in [1.29, 1.82) is 0 Å². The van der Waals surface area contributed by atoms with Crippen molar-refractivity contribution in [1.82, 2.24) is 0 Å². The molecule has 0 radical (unpaired) electrons. The van der Waals surface area contributed by atoms with E-state index in [0.717, 1.165) is 6.42 Å². The van der Waals surface area contributed by atoms with Gasteiger partial charge in [0.25, 0.3) is 0 Å². The Morgan fingerprint density at radius 2 is 1.00 bits per heavy atom. The van der Waals surface area contributed by atoms with Crippen LogP contribution in [0.1, 0.15) is 71.1 Å². The summed E-state index contributed by atoms with van der Waals surface area (Å²) in [5, 5.41) is 0. The topological polar surface area (TPSA) is 158 Å². The van der Waals surface area contributed by atoms with E-state index >= 15 is 0 Å². The van der Waals surface area contributed by atoms with Crippen LogP contribution in [0.15, 0.2) is 25.3 Å². The Morgan fingerprint density at radius 3 is 1.23 bits per heavy atom. The van der Waals surface area contributed by atoms with E-state index in [2.05, 4.69) is 27.0 Å². The molecule has 0 bridgehead atoms. The van der Waals surface area contributed by atoms with E-state index < -0.39 is 20.8 Å². The third-order valence-electron chi connectivity index (χ3n) is 2.82. The monoisotopic (exact) mass is 502 g/mol. The summed E-state index contributed by atoms with van der Waals surface area (Å²) in [7, 11) is -9.33. The summed E-state index contributed by atoms with van der Waals surface area (Å²) in [6.07, 6.45) is 17.3. The molecule has 0 rings (SSSR count). The van der Waals surface area contributed by atoms with Crippen molar-refractivity contribution < 1.29 is 91.2 Å². The molecule has 0 aliphatic carbocycles. The number of rotatable bonds is 13. The molecule has 0 heterocycles. The van der Waals surface area contributed by atoms with Crippen molar-refractivity contribution in [2.24, 2.45) is 0 Å². The molecule has 0 amide bonds. The maximum Gasteiger partial charge on any atom is 1.00 e. The van der Waals surface area contributed by atoms with Crippen LogP contribution >= 0.6 is 0 Å². The molecule has 0 saturated heterocycles. The van der Waals surface area contributed by atoms with Gasteiger partial charge in [-0.3, -0.25) is 18.2 Å². The molecule has 0 aromatic rings. The molecule has 0 unspecified atom stereocenters. The van der Waals surface area contributed by atoms with Crippen molar-refractivity contribution in [2.75, 3.05) is 13.2 Å². The standard InChI is InChI=1S/C12H25.C6H10O.K.2H2O4S/c1-3-5-7-9-11-12-10-8-6-4-2;1-3-5-7-6-4-2;;2*1-5(2,3)4/h1,3-12H2,2H3;3-4H,1-2,5-6H2;;2*(H2,1,2,3,4)/q-1;;+1;;. The van der Waals surface area contributed by atoms with Crippen molar-refractivity contribution in [3.8, 4) is 0 Å². The summed E-state index contributed by atoms with van der Waals surface area (Å²) in [6.45, 7) is 14.3. The third kappa shape index (κ3) is 117. The Bertz CT molecular complexity index is 472. The molecular weight excluding hydrogens is 463 g/mol. The number of unbranched alkanes of at least 4 members (excludes halogenated alkanes) is 9. The Balaban J connectivity index is -0.0000000993. The summed E-state index contributed by atoms with van der Waals surface area (Å²) in [6, 6.07) is 0. The molecule has 0 aliphatic heterocycles. The third-order valence-corrected chi connectivity index (χ3v) is 2.82. The van der Waals surface area contributed by atoms with Crippen molar-refractivity contribution in [3.05, 3.63) is 32.2 Å². The fourth-order valence-electron chi connectivity index (χ4n) is 1.72. The average molecular weight is 503 g/mol. The fraction of sp³-hybridized carbons (Fsp3) is 0.722. The minimum Gasteiger partial charge on any atom is -0.373 e. The summed E-state index contributed by atoms with van der Waals surface area (Å²) >= 11 is 0. The number of hydrogen-bond acceptors (Lipinski definition) is 5. The molecule has 0 spiro atoms. The van der Waals surface area contributed by atoms with Gasteiger partial charge in [0.15, 0.2) is 0 Å². The van der Waals surface area contributed by atoms with E-state index in [0.29, 0.717) is 13.2 Å². The van der Waals surface area contributed by atoms with Gasteiger partial charge in [-0.1, -0.05) is 76.9 Å². The molecule has 0 atom stereocenters. The fourth-order valence-corrected chi connectivity index (χ4v) is 1.72. The molecule has 0 saturated carbocycles. The first-order chi connectivity index (χ1) is 13.3. The minimum atomic E-state index is -4.67. The Morgan fingerprint density at radius 1 is 0.733 bits per heavy atom. The van der Waals surface area contributed by atoms with E-state index in [4.69, 9.17) is 39.8 Å². The molecule has 0 aromatic heterocycles. The van der Waals surface area contributed by atoms with Crippen molar-refractivity contribution in [3.63, 3.8) is 0 Å². The molecule has 0 fully saturated rings. The first-order valence-corrected chi connectivity index (χ1v) is 12.1. The van der Waals surface area contributed by atoms with Gasteiger partial charge in [0.05, 0.1) is 13.2 Å². The molecule has 12 heteroatoms. The van der Waals surface area contributed by atoms with Gasteiger partial charge in [-0.05, 0) is 0 Å². The van der Waals surface area contributed by atoms with Crippen LogP contribution in [0.2, 0.25) is 0 Å². The minimum absolute atomic E-state index is 0. The Kier molecular flexibility index (Phi) is 43.8. The van der Waals surface area contributed by atoms with E-state index in [1.807, 2.05) is 0 Å². The van der Waals surface area contributed by atoms with Crippen LogP contribution in [0.5, 0.6) is 0 Å². The van der Waals surface area contributed by atoms with Crippen LogP contribution in [-0.2, 0) is 25.5 Å². The zero-order chi connectivity index (χ0) is 23.6. The largest absolute Gasteiger partial charge is 1.00 e. The second-order valence-electron chi connectivity index (χ2n) is 5.69. The zero-order valence-electron chi connectivity index (χ0n) is 18.4. The summed E-state index contributed by atoms with van der Waals surface area (Å²) in [5.74, 6) is 0.